The van der Waals surface area contributed by atoms with Gasteiger partial charge in [-0.05, 0) is 37.8 Å². The summed E-state index contributed by atoms with van der Waals surface area (Å²) in [4.78, 5) is 14.1. The van der Waals surface area contributed by atoms with Gasteiger partial charge >= 0.3 is 0 Å². The maximum Gasteiger partial charge on any atom is 0.255 e. The van der Waals surface area contributed by atoms with Gasteiger partial charge in [-0.2, -0.15) is 0 Å². The summed E-state index contributed by atoms with van der Waals surface area (Å²) in [5.41, 5.74) is 6.05. The SMILES string of the molecule is CC(N)C1CCCN(C(=O)c2cc(F)c(Cl)cc2Cl)C1. The molecule has 1 fully saturated rings. The van der Waals surface area contributed by atoms with Crippen LogP contribution in [0.2, 0.25) is 10.0 Å². The Hall–Kier alpha value is -0.840. The second-order valence-corrected chi connectivity index (χ2v) is 6.07. The zero-order valence-electron chi connectivity index (χ0n) is 11.2. The summed E-state index contributed by atoms with van der Waals surface area (Å²) in [7, 11) is 0. The Kier molecular flexibility index (Phi) is 4.89. The minimum Gasteiger partial charge on any atom is -0.338 e. The van der Waals surface area contributed by atoms with Gasteiger partial charge in [0.15, 0.2) is 0 Å². The molecule has 1 aromatic carbocycles. The molecular weight excluding hydrogens is 302 g/mol. The standard InChI is InChI=1S/C14H17Cl2FN2O/c1-8(18)9-3-2-4-19(7-9)14(20)10-5-13(17)12(16)6-11(10)15/h5-6,8-9H,2-4,7,18H2,1H3. The molecule has 1 aliphatic rings. The molecule has 1 aliphatic heterocycles. The number of halogens is 3. The number of piperidine rings is 1. The molecule has 0 aliphatic carbocycles. The van der Waals surface area contributed by atoms with Crippen LogP contribution in [-0.2, 0) is 0 Å². The molecule has 0 radical (unpaired) electrons. The van der Waals surface area contributed by atoms with Crippen molar-refractivity contribution in [3.63, 3.8) is 0 Å². The lowest BCUT2D eigenvalue weighted by molar-refractivity contribution is 0.0660. The van der Waals surface area contributed by atoms with Crippen LogP contribution in [0.5, 0.6) is 0 Å². The van der Waals surface area contributed by atoms with E-state index in [4.69, 9.17) is 28.9 Å². The molecule has 0 saturated carbocycles. The van der Waals surface area contributed by atoms with Crippen LogP contribution in [0.3, 0.4) is 0 Å². The summed E-state index contributed by atoms with van der Waals surface area (Å²) in [6.07, 6.45) is 1.90. The Morgan fingerprint density at radius 2 is 2.15 bits per heavy atom. The first kappa shape index (κ1) is 15.5. The van der Waals surface area contributed by atoms with Crippen LogP contribution in [0.15, 0.2) is 12.1 Å². The molecule has 20 heavy (non-hydrogen) atoms. The third kappa shape index (κ3) is 3.25. The van der Waals surface area contributed by atoms with Gasteiger partial charge in [0.05, 0.1) is 15.6 Å². The van der Waals surface area contributed by atoms with E-state index in [-0.39, 0.29) is 33.5 Å². The van der Waals surface area contributed by atoms with Crippen molar-refractivity contribution in [3.8, 4) is 0 Å². The minimum atomic E-state index is -0.639. The highest BCUT2D eigenvalue weighted by Crippen LogP contribution is 2.27. The lowest BCUT2D eigenvalue weighted by Crippen LogP contribution is -2.45. The minimum absolute atomic E-state index is 0.0306. The second kappa shape index (κ2) is 6.29. The largest absolute Gasteiger partial charge is 0.338 e. The normalized spacial score (nSPS) is 20.9. The number of carbonyl (C=O) groups is 1. The third-order valence-corrected chi connectivity index (χ3v) is 4.33. The number of nitrogens with zero attached hydrogens (tertiary/aromatic N) is 1. The maximum atomic E-state index is 13.5. The van der Waals surface area contributed by atoms with Gasteiger partial charge in [0.1, 0.15) is 5.82 Å². The summed E-state index contributed by atoms with van der Waals surface area (Å²) in [6, 6.07) is 2.39. The predicted molar refractivity (Wildman–Crippen MR) is 78.7 cm³/mol. The van der Waals surface area contributed by atoms with Crippen LogP contribution in [0.1, 0.15) is 30.1 Å². The van der Waals surface area contributed by atoms with Gasteiger partial charge in [-0.15, -0.1) is 0 Å². The topological polar surface area (TPSA) is 46.3 Å². The number of carbonyl (C=O) groups excluding carboxylic acids is 1. The Morgan fingerprint density at radius 1 is 1.45 bits per heavy atom. The Morgan fingerprint density at radius 3 is 2.80 bits per heavy atom. The quantitative estimate of drug-likeness (QED) is 0.850. The maximum absolute atomic E-state index is 13.5. The van der Waals surface area contributed by atoms with Crippen molar-refractivity contribution in [2.45, 2.75) is 25.8 Å². The van der Waals surface area contributed by atoms with Crippen molar-refractivity contribution in [3.05, 3.63) is 33.6 Å². The highest BCUT2D eigenvalue weighted by atomic mass is 35.5. The van der Waals surface area contributed by atoms with Crippen LogP contribution >= 0.6 is 23.2 Å². The molecule has 110 valence electrons. The molecule has 0 spiro atoms. The number of nitrogens with two attached hydrogens (primary N) is 1. The number of rotatable bonds is 2. The van der Waals surface area contributed by atoms with Crippen LogP contribution in [-0.4, -0.2) is 29.9 Å². The molecular formula is C14H17Cl2FN2O. The number of amides is 1. The third-order valence-electron chi connectivity index (χ3n) is 3.73. The van der Waals surface area contributed by atoms with E-state index in [0.717, 1.165) is 18.9 Å². The summed E-state index contributed by atoms with van der Waals surface area (Å²) in [5.74, 6) is -0.639. The highest BCUT2D eigenvalue weighted by Gasteiger charge is 2.28. The van der Waals surface area contributed by atoms with Crippen LogP contribution < -0.4 is 5.73 Å². The van der Waals surface area contributed by atoms with Crippen molar-refractivity contribution in [1.29, 1.82) is 0 Å². The first-order chi connectivity index (χ1) is 9.40. The molecule has 2 atom stereocenters. The summed E-state index contributed by atoms with van der Waals surface area (Å²) < 4.78 is 13.5. The molecule has 1 aromatic rings. The van der Waals surface area contributed by atoms with Gasteiger partial charge in [0, 0.05) is 19.1 Å². The predicted octanol–water partition coefficient (Wildman–Crippen LogP) is 3.33. The summed E-state index contributed by atoms with van der Waals surface area (Å²) >= 11 is 11.6. The molecule has 1 saturated heterocycles. The Bertz CT molecular complexity index is 522. The molecule has 2 rings (SSSR count). The van der Waals surface area contributed by atoms with Crippen molar-refractivity contribution < 1.29 is 9.18 Å². The van der Waals surface area contributed by atoms with Crippen LogP contribution in [0, 0.1) is 11.7 Å². The molecule has 0 aromatic heterocycles. The number of benzene rings is 1. The van der Waals surface area contributed by atoms with E-state index in [2.05, 4.69) is 0 Å². The van der Waals surface area contributed by atoms with E-state index in [1.165, 1.54) is 6.07 Å². The van der Waals surface area contributed by atoms with Crippen molar-refractivity contribution >= 4 is 29.1 Å². The van der Waals surface area contributed by atoms with Crippen LogP contribution in [0.4, 0.5) is 4.39 Å². The van der Waals surface area contributed by atoms with E-state index in [1.807, 2.05) is 6.92 Å². The average Bonchev–Trinajstić information content (AvgIpc) is 2.42. The number of hydrogen-bond donors (Lipinski definition) is 1. The highest BCUT2D eigenvalue weighted by molar-refractivity contribution is 6.36. The van der Waals surface area contributed by atoms with E-state index >= 15 is 0 Å². The molecule has 0 bridgehead atoms. The number of hydrogen-bond acceptors (Lipinski definition) is 2. The molecule has 6 heteroatoms. The lowest BCUT2D eigenvalue weighted by atomic mass is 9.92. The Labute approximate surface area is 127 Å². The molecule has 1 amide bonds. The fourth-order valence-electron chi connectivity index (χ4n) is 2.48. The Balaban J connectivity index is 2.21. The first-order valence-corrected chi connectivity index (χ1v) is 7.35. The van der Waals surface area contributed by atoms with Crippen molar-refractivity contribution in [2.24, 2.45) is 11.7 Å². The molecule has 3 nitrogen and oxygen atoms in total. The second-order valence-electron chi connectivity index (χ2n) is 5.26. The average molecular weight is 319 g/mol. The van der Waals surface area contributed by atoms with Gasteiger partial charge < -0.3 is 10.6 Å². The zero-order valence-corrected chi connectivity index (χ0v) is 12.7. The van der Waals surface area contributed by atoms with E-state index in [1.54, 1.807) is 4.90 Å². The first-order valence-electron chi connectivity index (χ1n) is 6.59. The van der Waals surface area contributed by atoms with Gasteiger partial charge in [-0.3, -0.25) is 4.79 Å². The van der Waals surface area contributed by atoms with Crippen molar-refractivity contribution in [2.75, 3.05) is 13.1 Å². The summed E-state index contributed by atoms with van der Waals surface area (Å²) in [5, 5.41) is 0.0861. The molecule has 1 heterocycles. The molecule has 2 unspecified atom stereocenters. The smallest absolute Gasteiger partial charge is 0.255 e. The molecule has 2 N–H and O–H groups in total. The zero-order chi connectivity index (χ0) is 14.9. The van der Waals surface area contributed by atoms with E-state index in [9.17, 15) is 9.18 Å². The van der Waals surface area contributed by atoms with Gasteiger partial charge in [-0.25, -0.2) is 4.39 Å². The fourth-order valence-corrected chi connectivity index (χ4v) is 2.94. The summed E-state index contributed by atoms with van der Waals surface area (Å²) in [6.45, 7) is 3.16. The lowest BCUT2D eigenvalue weighted by Gasteiger charge is -2.34. The van der Waals surface area contributed by atoms with Gasteiger partial charge in [0.25, 0.3) is 5.91 Å². The van der Waals surface area contributed by atoms with Gasteiger partial charge in [-0.1, -0.05) is 23.2 Å². The number of likely N-dealkylation sites (tertiary alicyclic amines) is 1. The van der Waals surface area contributed by atoms with Crippen molar-refractivity contribution in [1.82, 2.24) is 4.90 Å². The monoisotopic (exact) mass is 318 g/mol. The van der Waals surface area contributed by atoms with E-state index < -0.39 is 5.82 Å². The van der Waals surface area contributed by atoms with Crippen LogP contribution in [0.25, 0.3) is 0 Å². The van der Waals surface area contributed by atoms with E-state index in [0.29, 0.717) is 13.1 Å². The fraction of sp³-hybridized carbons (Fsp3) is 0.500. The van der Waals surface area contributed by atoms with Gasteiger partial charge in [0.2, 0.25) is 0 Å².